The number of nitrogens with one attached hydrogen (secondary N) is 1. The third-order valence-corrected chi connectivity index (χ3v) is 15.1. The van der Waals surface area contributed by atoms with Crippen molar-refractivity contribution in [3.05, 3.63) is 12.2 Å². The van der Waals surface area contributed by atoms with Gasteiger partial charge in [0.25, 0.3) is 0 Å². The van der Waals surface area contributed by atoms with E-state index in [1.54, 1.807) is 0 Å². The van der Waals surface area contributed by atoms with Crippen LogP contribution in [-0.4, -0.2) is 87.5 Å². The van der Waals surface area contributed by atoms with Crippen molar-refractivity contribution >= 4 is 5.91 Å². The highest BCUT2D eigenvalue weighted by Gasteiger charge is 2.44. The minimum absolute atomic E-state index is 0.133. The predicted octanol–water partition coefficient (Wildman–Crippen LogP) is 15.6. The summed E-state index contributed by atoms with van der Waals surface area (Å²) >= 11 is 0. The Bertz CT molecular complexity index is 1110. The van der Waals surface area contributed by atoms with E-state index < -0.39 is 49.5 Å². The third kappa shape index (κ3) is 40.3. The second-order valence-corrected chi connectivity index (χ2v) is 21.9. The second-order valence-electron chi connectivity index (χ2n) is 21.9. The molecule has 1 aliphatic heterocycles. The van der Waals surface area contributed by atoms with Gasteiger partial charge in [-0.2, -0.15) is 0 Å². The van der Waals surface area contributed by atoms with Gasteiger partial charge in [0.15, 0.2) is 6.29 Å². The predicted molar refractivity (Wildman–Crippen MR) is 295 cm³/mol. The van der Waals surface area contributed by atoms with Crippen LogP contribution in [0.5, 0.6) is 0 Å². The van der Waals surface area contributed by atoms with Crippen molar-refractivity contribution in [1.82, 2.24) is 5.32 Å². The molecule has 7 unspecified atom stereocenters. The Morgan fingerprint density at radius 2 is 0.800 bits per heavy atom. The number of aliphatic hydroxyl groups excluding tert-OH is 5. The third-order valence-electron chi connectivity index (χ3n) is 15.1. The first-order valence-electron chi connectivity index (χ1n) is 30.9. The average molecular weight is 995 g/mol. The monoisotopic (exact) mass is 994 g/mol. The summed E-state index contributed by atoms with van der Waals surface area (Å²) < 4.78 is 11.3. The molecule has 1 fully saturated rings. The number of carbonyl (C=O) groups excluding carboxylic acids is 1. The lowest BCUT2D eigenvalue weighted by Gasteiger charge is -2.40. The number of allylic oxidation sites excluding steroid dienone is 2. The molecule has 6 N–H and O–H groups in total. The van der Waals surface area contributed by atoms with E-state index in [2.05, 4.69) is 31.3 Å². The molecule has 0 aromatic rings. The summed E-state index contributed by atoms with van der Waals surface area (Å²) in [5.74, 6) is -0.138. The van der Waals surface area contributed by atoms with Crippen LogP contribution in [0.4, 0.5) is 0 Å². The minimum Gasteiger partial charge on any atom is -0.394 e. The lowest BCUT2D eigenvalue weighted by Crippen LogP contribution is -2.60. The molecule has 416 valence electrons. The minimum atomic E-state index is -1.55. The molecule has 1 rings (SSSR count). The summed E-state index contributed by atoms with van der Waals surface area (Å²) in [5.41, 5.74) is 0. The van der Waals surface area contributed by atoms with Crippen molar-refractivity contribution in [3.8, 4) is 0 Å². The molecule has 0 radical (unpaired) electrons. The highest BCUT2D eigenvalue weighted by Crippen LogP contribution is 2.23. The standard InChI is InChI=1S/C61H119NO8/c1-3-5-7-9-11-13-15-17-19-20-21-22-23-24-25-26-27-28-29-30-31-32-33-34-35-37-39-41-43-45-47-49-51-57(65)62-54(53-69-61-60(68)59(67)58(66)56(52-63)70-61)55(64)50-48-46-44-42-40-38-36-18-16-14-12-10-8-6-4-2/h24-25,54-56,58-61,63-64,66-68H,3-23,26-53H2,1-2H3,(H,62,65)/b25-24-. The number of aliphatic hydroxyl groups is 5. The normalized spacial score (nSPS) is 19.3. The van der Waals surface area contributed by atoms with Crippen molar-refractivity contribution in [1.29, 1.82) is 0 Å². The van der Waals surface area contributed by atoms with Gasteiger partial charge in [0.1, 0.15) is 24.4 Å². The molecule has 0 aromatic heterocycles. The Kier molecular flexibility index (Phi) is 49.2. The Balaban J connectivity index is 2.10. The van der Waals surface area contributed by atoms with Crippen LogP contribution in [0, 0.1) is 0 Å². The zero-order valence-corrected chi connectivity index (χ0v) is 46.3. The van der Waals surface area contributed by atoms with Crippen LogP contribution in [0.2, 0.25) is 0 Å². The van der Waals surface area contributed by atoms with Crippen molar-refractivity contribution in [2.24, 2.45) is 0 Å². The van der Waals surface area contributed by atoms with Gasteiger partial charge in [-0.05, 0) is 38.5 Å². The van der Waals surface area contributed by atoms with Gasteiger partial charge in [-0.25, -0.2) is 0 Å². The Labute approximate surface area is 433 Å². The zero-order chi connectivity index (χ0) is 50.8. The van der Waals surface area contributed by atoms with Gasteiger partial charge in [0.05, 0.1) is 25.4 Å². The van der Waals surface area contributed by atoms with Gasteiger partial charge in [0.2, 0.25) is 5.91 Å². The molecule has 1 amide bonds. The van der Waals surface area contributed by atoms with E-state index in [1.807, 2.05) is 0 Å². The number of amides is 1. The van der Waals surface area contributed by atoms with Crippen LogP contribution in [0.1, 0.15) is 316 Å². The molecular weight excluding hydrogens is 875 g/mol. The molecule has 70 heavy (non-hydrogen) atoms. The van der Waals surface area contributed by atoms with Crippen LogP contribution in [-0.2, 0) is 14.3 Å². The number of rotatable bonds is 54. The van der Waals surface area contributed by atoms with Crippen molar-refractivity contribution in [2.45, 2.75) is 358 Å². The van der Waals surface area contributed by atoms with Gasteiger partial charge in [-0.15, -0.1) is 0 Å². The molecular formula is C61H119NO8. The highest BCUT2D eigenvalue weighted by atomic mass is 16.7. The maximum atomic E-state index is 13.1. The molecule has 0 saturated carbocycles. The van der Waals surface area contributed by atoms with Gasteiger partial charge >= 0.3 is 0 Å². The van der Waals surface area contributed by atoms with E-state index in [9.17, 15) is 30.3 Å². The lowest BCUT2D eigenvalue weighted by molar-refractivity contribution is -0.302. The summed E-state index contributed by atoms with van der Waals surface area (Å²) in [4.78, 5) is 13.1. The largest absolute Gasteiger partial charge is 0.394 e. The molecule has 9 heteroatoms. The lowest BCUT2D eigenvalue weighted by atomic mass is 9.99. The van der Waals surface area contributed by atoms with Crippen molar-refractivity contribution < 1.29 is 39.8 Å². The van der Waals surface area contributed by atoms with Gasteiger partial charge in [-0.3, -0.25) is 4.79 Å². The van der Waals surface area contributed by atoms with Crippen molar-refractivity contribution in [3.63, 3.8) is 0 Å². The molecule has 0 aromatic carbocycles. The summed E-state index contributed by atoms with van der Waals surface area (Å²) in [6, 6.07) is -0.715. The highest BCUT2D eigenvalue weighted by molar-refractivity contribution is 5.76. The number of hydrogen-bond acceptors (Lipinski definition) is 8. The first-order chi connectivity index (χ1) is 34.3. The van der Waals surface area contributed by atoms with Gasteiger partial charge in [-0.1, -0.05) is 283 Å². The average Bonchev–Trinajstić information content (AvgIpc) is 3.36. The fourth-order valence-corrected chi connectivity index (χ4v) is 10.2. The van der Waals surface area contributed by atoms with Crippen LogP contribution < -0.4 is 5.32 Å². The zero-order valence-electron chi connectivity index (χ0n) is 46.3. The van der Waals surface area contributed by atoms with Crippen LogP contribution in [0.25, 0.3) is 0 Å². The summed E-state index contributed by atoms with van der Waals surface area (Å²) in [6.45, 7) is 3.88. The fraction of sp³-hybridized carbons (Fsp3) is 0.951. The molecule has 0 bridgehead atoms. The Hall–Kier alpha value is -1.07. The second kappa shape index (κ2) is 51.4. The van der Waals surface area contributed by atoms with E-state index in [0.717, 1.165) is 38.5 Å². The van der Waals surface area contributed by atoms with E-state index in [-0.39, 0.29) is 12.5 Å². The van der Waals surface area contributed by atoms with Crippen LogP contribution >= 0.6 is 0 Å². The van der Waals surface area contributed by atoms with E-state index in [4.69, 9.17) is 9.47 Å². The molecule has 1 saturated heterocycles. The maximum Gasteiger partial charge on any atom is 0.220 e. The van der Waals surface area contributed by atoms with Gasteiger partial charge in [0, 0.05) is 6.42 Å². The molecule has 1 heterocycles. The number of hydrogen-bond donors (Lipinski definition) is 6. The van der Waals surface area contributed by atoms with Crippen LogP contribution in [0.3, 0.4) is 0 Å². The Morgan fingerprint density at radius 3 is 1.16 bits per heavy atom. The van der Waals surface area contributed by atoms with E-state index in [1.165, 1.54) is 250 Å². The van der Waals surface area contributed by atoms with E-state index in [0.29, 0.717) is 12.8 Å². The fourth-order valence-electron chi connectivity index (χ4n) is 10.2. The summed E-state index contributed by atoms with van der Waals surface area (Å²) in [6.07, 6.45) is 56.9. The summed E-state index contributed by atoms with van der Waals surface area (Å²) in [5, 5.41) is 54.7. The SMILES string of the molecule is CCCCCCCCCCCCCC/C=C\CCCCCCCCCCCCCCCCCCC(=O)NC(COC1OC(CO)C(O)C(O)C1O)C(O)CCCCCCCCCCCCCCCCC. The molecule has 9 nitrogen and oxygen atoms in total. The molecule has 0 spiro atoms. The Morgan fingerprint density at radius 1 is 0.471 bits per heavy atom. The quantitative estimate of drug-likeness (QED) is 0.0261. The first-order valence-corrected chi connectivity index (χ1v) is 30.9. The number of ether oxygens (including phenoxy) is 2. The molecule has 0 aliphatic carbocycles. The number of unbranched alkanes of at least 4 members (excludes halogenated alkanes) is 42. The van der Waals surface area contributed by atoms with Gasteiger partial charge < -0.3 is 40.3 Å². The molecule has 1 aliphatic rings. The maximum absolute atomic E-state index is 13.1. The molecule has 7 atom stereocenters. The number of carbonyl (C=O) groups is 1. The topological polar surface area (TPSA) is 149 Å². The summed E-state index contributed by atoms with van der Waals surface area (Å²) in [7, 11) is 0. The van der Waals surface area contributed by atoms with Crippen molar-refractivity contribution in [2.75, 3.05) is 13.2 Å². The van der Waals surface area contributed by atoms with Crippen LogP contribution in [0.15, 0.2) is 12.2 Å². The first kappa shape index (κ1) is 66.9. The smallest absolute Gasteiger partial charge is 0.220 e. The van der Waals surface area contributed by atoms with E-state index >= 15 is 0 Å².